The Morgan fingerprint density at radius 3 is 2.44 bits per heavy atom. The molecular formula is C13H23N3O2. The molecule has 18 heavy (non-hydrogen) atoms. The van der Waals surface area contributed by atoms with Crippen molar-refractivity contribution in [1.29, 1.82) is 0 Å². The van der Waals surface area contributed by atoms with Crippen molar-refractivity contribution in [2.45, 2.75) is 38.1 Å². The smallest absolute Gasteiger partial charge is 0.239 e. The van der Waals surface area contributed by atoms with Crippen LogP contribution in [0.3, 0.4) is 0 Å². The lowest BCUT2D eigenvalue weighted by Crippen LogP contribution is -2.51. The first-order chi connectivity index (χ1) is 8.72. The second-order valence-corrected chi connectivity index (χ2v) is 5.22. The summed E-state index contributed by atoms with van der Waals surface area (Å²) in [7, 11) is 1.67. The molecule has 2 rings (SSSR count). The minimum atomic E-state index is 0.00954. The molecule has 2 heterocycles. The van der Waals surface area contributed by atoms with Gasteiger partial charge in [0.15, 0.2) is 0 Å². The average Bonchev–Trinajstić information content (AvgIpc) is 2.47. The molecule has 0 bridgehead atoms. The standard InChI is InChI=1S/C13H23N3O2/c1-14-12(17)10-5-8-16(9-6-10)13(18)11-4-2-3-7-15-11/h10-11,15H,2-9H2,1H3,(H,14,17). The monoisotopic (exact) mass is 253 g/mol. The number of carbonyl (C=O) groups excluding carboxylic acids is 2. The highest BCUT2D eigenvalue weighted by Gasteiger charge is 2.30. The number of piperidine rings is 2. The highest BCUT2D eigenvalue weighted by atomic mass is 16.2. The van der Waals surface area contributed by atoms with Crippen molar-refractivity contribution in [3.8, 4) is 0 Å². The normalized spacial score (nSPS) is 25.8. The van der Waals surface area contributed by atoms with Gasteiger partial charge in [0.25, 0.3) is 0 Å². The summed E-state index contributed by atoms with van der Waals surface area (Å²) in [5, 5.41) is 5.98. The molecule has 0 aromatic heterocycles. The lowest BCUT2D eigenvalue weighted by atomic mass is 9.94. The third kappa shape index (κ3) is 3.02. The van der Waals surface area contributed by atoms with Gasteiger partial charge in [0, 0.05) is 26.1 Å². The van der Waals surface area contributed by atoms with Gasteiger partial charge in [-0.05, 0) is 32.2 Å². The van der Waals surface area contributed by atoms with E-state index < -0.39 is 0 Å². The van der Waals surface area contributed by atoms with Crippen LogP contribution in [0.15, 0.2) is 0 Å². The van der Waals surface area contributed by atoms with Crippen LogP contribution < -0.4 is 10.6 Å². The molecule has 1 atom stereocenters. The van der Waals surface area contributed by atoms with Gasteiger partial charge in [-0.1, -0.05) is 6.42 Å². The number of nitrogens with one attached hydrogen (secondary N) is 2. The molecule has 102 valence electrons. The predicted molar refractivity (Wildman–Crippen MR) is 69.0 cm³/mol. The molecule has 0 radical (unpaired) electrons. The summed E-state index contributed by atoms with van der Waals surface area (Å²) >= 11 is 0. The number of likely N-dealkylation sites (tertiary alicyclic amines) is 1. The summed E-state index contributed by atoms with van der Waals surface area (Å²) in [5.41, 5.74) is 0. The highest BCUT2D eigenvalue weighted by Crippen LogP contribution is 2.19. The molecule has 0 aliphatic carbocycles. The summed E-state index contributed by atoms with van der Waals surface area (Å²) in [6.07, 6.45) is 4.84. The molecular weight excluding hydrogens is 230 g/mol. The van der Waals surface area contributed by atoms with Gasteiger partial charge in [0.1, 0.15) is 0 Å². The maximum absolute atomic E-state index is 12.3. The van der Waals surface area contributed by atoms with Gasteiger partial charge >= 0.3 is 0 Å². The lowest BCUT2D eigenvalue weighted by molar-refractivity contribution is -0.137. The van der Waals surface area contributed by atoms with E-state index >= 15 is 0 Å². The lowest BCUT2D eigenvalue weighted by Gasteiger charge is -2.34. The Labute approximate surface area is 108 Å². The third-order valence-corrected chi connectivity index (χ3v) is 4.03. The van der Waals surface area contributed by atoms with Crippen molar-refractivity contribution in [3.05, 3.63) is 0 Å². The van der Waals surface area contributed by atoms with Crippen molar-refractivity contribution in [2.24, 2.45) is 5.92 Å². The minimum absolute atomic E-state index is 0.00954. The Morgan fingerprint density at radius 2 is 1.89 bits per heavy atom. The molecule has 2 aliphatic rings. The summed E-state index contributed by atoms with van der Waals surface area (Å²) < 4.78 is 0. The van der Waals surface area contributed by atoms with E-state index in [0.29, 0.717) is 0 Å². The average molecular weight is 253 g/mol. The fourth-order valence-corrected chi connectivity index (χ4v) is 2.85. The van der Waals surface area contributed by atoms with Crippen molar-refractivity contribution < 1.29 is 9.59 Å². The molecule has 5 nitrogen and oxygen atoms in total. The van der Waals surface area contributed by atoms with E-state index in [9.17, 15) is 9.59 Å². The topological polar surface area (TPSA) is 61.4 Å². The largest absolute Gasteiger partial charge is 0.359 e. The van der Waals surface area contributed by atoms with Crippen LogP contribution in [-0.2, 0) is 9.59 Å². The van der Waals surface area contributed by atoms with Gasteiger partial charge < -0.3 is 15.5 Å². The van der Waals surface area contributed by atoms with E-state index in [0.717, 1.165) is 45.3 Å². The molecule has 0 aromatic carbocycles. The van der Waals surface area contributed by atoms with Crippen LogP contribution in [0.4, 0.5) is 0 Å². The van der Waals surface area contributed by atoms with Gasteiger partial charge in [-0.15, -0.1) is 0 Å². The molecule has 0 aromatic rings. The number of carbonyl (C=O) groups is 2. The molecule has 0 saturated carbocycles. The molecule has 2 N–H and O–H groups in total. The molecule has 1 unspecified atom stereocenters. The Bertz CT molecular complexity index is 305. The van der Waals surface area contributed by atoms with E-state index in [-0.39, 0.29) is 23.8 Å². The van der Waals surface area contributed by atoms with Crippen LogP contribution in [0, 0.1) is 5.92 Å². The van der Waals surface area contributed by atoms with Crippen LogP contribution in [0.2, 0.25) is 0 Å². The maximum Gasteiger partial charge on any atom is 0.239 e. The molecule has 2 aliphatic heterocycles. The summed E-state index contributed by atoms with van der Waals surface area (Å²) in [6.45, 7) is 2.38. The Morgan fingerprint density at radius 1 is 1.17 bits per heavy atom. The van der Waals surface area contributed by atoms with Gasteiger partial charge in [-0.2, -0.15) is 0 Å². The zero-order valence-corrected chi connectivity index (χ0v) is 11.1. The molecule has 5 heteroatoms. The zero-order valence-electron chi connectivity index (χ0n) is 11.1. The first-order valence-corrected chi connectivity index (χ1v) is 6.96. The van der Waals surface area contributed by atoms with Crippen molar-refractivity contribution in [3.63, 3.8) is 0 Å². The number of hydrogen-bond acceptors (Lipinski definition) is 3. The molecule has 2 amide bonds. The van der Waals surface area contributed by atoms with Crippen LogP contribution in [0.1, 0.15) is 32.1 Å². The first kappa shape index (κ1) is 13.3. The van der Waals surface area contributed by atoms with E-state index in [1.165, 1.54) is 6.42 Å². The van der Waals surface area contributed by atoms with E-state index in [2.05, 4.69) is 10.6 Å². The zero-order chi connectivity index (χ0) is 13.0. The van der Waals surface area contributed by atoms with E-state index in [1.54, 1.807) is 7.05 Å². The van der Waals surface area contributed by atoms with E-state index in [1.807, 2.05) is 4.90 Å². The highest BCUT2D eigenvalue weighted by molar-refractivity contribution is 5.83. The number of amides is 2. The quantitative estimate of drug-likeness (QED) is 0.734. The Kier molecular flexibility index (Phi) is 4.58. The van der Waals surface area contributed by atoms with Crippen LogP contribution in [-0.4, -0.2) is 49.4 Å². The fraction of sp³-hybridized carbons (Fsp3) is 0.846. The number of nitrogens with zero attached hydrogens (tertiary/aromatic N) is 1. The number of hydrogen-bond donors (Lipinski definition) is 2. The second kappa shape index (κ2) is 6.18. The maximum atomic E-state index is 12.3. The molecule has 0 spiro atoms. The second-order valence-electron chi connectivity index (χ2n) is 5.22. The molecule has 2 saturated heterocycles. The van der Waals surface area contributed by atoms with Gasteiger partial charge in [0.2, 0.25) is 11.8 Å². The van der Waals surface area contributed by atoms with Crippen molar-refractivity contribution in [2.75, 3.05) is 26.7 Å². The van der Waals surface area contributed by atoms with Gasteiger partial charge in [0.05, 0.1) is 6.04 Å². The van der Waals surface area contributed by atoms with Crippen molar-refractivity contribution in [1.82, 2.24) is 15.5 Å². The summed E-state index contributed by atoms with van der Waals surface area (Å²) in [5.74, 6) is 0.418. The summed E-state index contributed by atoms with van der Waals surface area (Å²) in [6, 6.07) is 0.00954. The fourth-order valence-electron chi connectivity index (χ4n) is 2.85. The van der Waals surface area contributed by atoms with E-state index in [4.69, 9.17) is 0 Å². The van der Waals surface area contributed by atoms with Crippen molar-refractivity contribution >= 4 is 11.8 Å². The number of rotatable bonds is 2. The van der Waals surface area contributed by atoms with Gasteiger partial charge in [-0.3, -0.25) is 9.59 Å². The molecule has 2 fully saturated rings. The van der Waals surface area contributed by atoms with Crippen LogP contribution in [0.5, 0.6) is 0 Å². The third-order valence-electron chi connectivity index (χ3n) is 4.03. The van der Waals surface area contributed by atoms with Gasteiger partial charge in [-0.25, -0.2) is 0 Å². The van der Waals surface area contributed by atoms with Crippen LogP contribution in [0.25, 0.3) is 0 Å². The Balaban J connectivity index is 1.81. The Hall–Kier alpha value is -1.10. The minimum Gasteiger partial charge on any atom is -0.359 e. The predicted octanol–water partition coefficient (Wildman–Crippen LogP) is 0.113. The van der Waals surface area contributed by atoms with Crippen LogP contribution >= 0.6 is 0 Å². The summed E-state index contributed by atoms with van der Waals surface area (Å²) in [4.78, 5) is 25.7. The first-order valence-electron chi connectivity index (χ1n) is 6.96. The SMILES string of the molecule is CNC(=O)C1CCN(C(=O)C2CCCCN2)CC1.